The molecule has 2 N–H and O–H groups in total. The van der Waals surface area contributed by atoms with E-state index in [1.165, 1.54) is 0 Å². The molecule has 0 aliphatic carbocycles. The van der Waals surface area contributed by atoms with Crippen molar-refractivity contribution >= 4 is 11.6 Å². The molecule has 1 fully saturated rings. The van der Waals surface area contributed by atoms with Gasteiger partial charge in [0.2, 0.25) is 0 Å². The lowest BCUT2D eigenvalue weighted by molar-refractivity contribution is 0.0696. The van der Waals surface area contributed by atoms with E-state index >= 15 is 0 Å². The minimum Gasteiger partial charge on any atom is -0.478 e. The SMILES string of the molecule is O=C(O)c1ccc2nc(C3CCNCC3)cn2c1. The fraction of sp³-hybridized carbons (Fsp3) is 0.385. The molecule has 1 saturated heterocycles. The predicted molar refractivity (Wildman–Crippen MR) is 67.0 cm³/mol. The lowest BCUT2D eigenvalue weighted by Gasteiger charge is -2.20. The molecule has 0 spiro atoms. The summed E-state index contributed by atoms with van der Waals surface area (Å²) in [6, 6.07) is 3.35. The van der Waals surface area contributed by atoms with Crippen LogP contribution in [0.1, 0.15) is 34.8 Å². The van der Waals surface area contributed by atoms with Crippen molar-refractivity contribution in [2.75, 3.05) is 13.1 Å². The minimum atomic E-state index is -0.908. The number of imidazole rings is 1. The first-order valence-electron chi connectivity index (χ1n) is 6.17. The van der Waals surface area contributed by atoms with E-state index in [0.29, 0.717) is 5.92 Å². The smallest absolute Gasteiger partial charge is 0.337 e. The van der Waals surface area contributed by atoms with Crippen molar-refractivity contribution in [3.8, 4) is 0 Å². The van der Waals surface area contributed by atoms with Gasteiger partial charge in [0.1, 0.15) is 5.65 Å². The number of hydrogen-bond donors (Lipinski definition) is 2. The van der Waals surface area contributed by atoms with Crippen LogP contribution in [0.4, 0.5) is 0 Å². The summed E-state index contributed by atoms with van der Waals surface area (Å²) in [6.45, 7) is 2.05. The molecule has 18 heavy (non-hydrogen) atoms. The van der Waals surface area contributed by atoms with Gasteiger partial charge >= 0.3 is 5.97 Å². The molecule has 0 unspecified atom stereocenters. The molecule has 2 aromatic heterocycles. The topological polar surface area (TPSA) is 66.6 Å². The number of carboxylic acid groups (broad SMARTS) is 1. The Balaban J connectivity index is 1.97. The molecular weight excluding hydrogens is 230 g/mol. The summed E-state index contributed by atoms with van der Waals surface area (Å²) < 4.78 is 1.81. The first-order chi connectivity index (χ1) is 8.74. The molecule has 5 nitrogen and oxygen atoms in total. The summed E-state index contributed by atoms with van der Waals surface area (Å²) in [7, 11) is 0. The number of nitrogens with one attached hydrogen (secondary N) is 1. The highest BCUT2D eigenvalue weighted by Gasteiger charge is 2.18. The Labute approximate surface area is 104 Å². The van der Waals surface area contributed by atoms with Crippen molar-refractivity contribution in [3.63, 3.8) is 0 Å². The first kappa shape index (κ1) is 11.2. The number of fused-ring (bicyclic) bond motifs is 1. The van der Waals surface area contributed by atoms with Crippen LogP contribution in [-0.4, -0.2) is 33.6 Å². The second-order valence-corrected chi connectivity index (χ2v) is 4.68. The zero-order valence-electron chi connectivity index (χ0n) is 9.97. The van der Waals surface area contributed by atoms with E-state index in [-0.39, 0.29) is 5.56 Å². The lowest BCUT2D eigenvalue weighted by Crippen LogP contribution is -2.26. The number of nitrogens with zero attached hydrogens (tertiary/aromatic N) is 2. The van der Waals surface area contributed by atoms with E-state index in [9.17, 15) is 4.79 Å². The fourth-order valence-electron chi connectivity index (χ4n) is 2.45. The van der Waals surface area contributed by atoms with Gasteiger partial charge in [0, 0.05) is 18.3 Å². The van der Waals surface area contributed by atoms with Gasteiger partial charge in [0.15, 0.2) is 0 Å². The first-order valence-corrected chi connectivity index (χ1v) is 6.17. The summed E-state index contributed by atoms with van der Waals surface area (Å²) in [5.41, 5.74) is 2.17. The third kappa shape index (κ3) is 1.97. The zero-order chi connectivity index (χ0) is 12.5. The summed E-state index contributed by atoms with van der Waals surface area (Å²) in [5.74, 6) is -0.423. The third-order valence-electron chi connectivity index (χ3n) is 3.47. The Bertz CT molecular complexity index is 585. The summed E-state index contributed by atoms with van der Waals surface area (Å²) in [5, 5.41) is 12.3. The van der Waals surface area contributed by atoms with Gasteiger partial charge in [-0.25, -0.2) is 9.78 Å². The van der Waals surface area contributed by atoms with Gasteiger partial charge in [-0.05, 0) is 38.1 Å². The molecule has 2 aromatic rings. The van der Waals surface area contributed by atoms with E-state index in [0.717, 1.165) is 37.3 Å². The number of carbonyl (C=O) groups is 1. The fourth-order valence-corrected chi connectivity index (χ4v) is 2.45. The number of hydrogen-bond acceptors (Lipinski definition) is 3. The largest absolute Gasteiger partial charge is 0.478 e. The number of aromatic nitrogens is 2. The van der Waals surface area contributed by atoms with Crippen molar-refractivity contribution in [1.82, 2.24) is 14.7 Å². The normalized spacial score (nSPS) is 17.1. The number of piperidine rings is 1. The zero-order valence-corrected chi connectivity index (χ0v) is 9.97. The Morgan fingerprint density at radius 3 is 2.83 bits per heavy atom. The standard InChI is InChI=1S/C13H15N3O2/c17-13(18)10-1-2-12-15-11(8-16(12)7-10)9-3-5-14-6-4-9/h1-2,7-9,14H,3-6H2,(H,17,18). The average Bonchev–Trinajstić information content (AvgIpc) is 2.82. The van der Waals surface area contributed by atoms with Crippen LogP contribution in [0, 0.1) is 0 Å². The number of rotatable bonds is 2. The number of pyridine rings is 1. The van der Waals surface area contributed by atoms with Crippen LogP contribution >= 0.6 is 0 Å². The van der Waals surface area contributed by atoms with Crippen LogP contribution in [0.2, 0.25) is 0 Å². The molecule has 0 radical (unpaired) electrons. The van der Waals surface area contributed by atoms with Crippen LogP contribution in [-0.2, 0) is 0 Å². The average molecular weight is 245 g/mol. The molecule has 0 saturated carbocycles. The highest BCUT2D eigenvalue weighted by atomic mass is 16.4. The van der Waals surface area contributed by atoms with E-state index in [4.69, 9.17) is 5.11 Å². The van der Waals surface area contributed by atoms with Crippen LogP contribution in [0.3, 0.4) is 0 Å². The monoisotopic (exact) mass is 245 g/mol. The van der Waals surface area contributed by atoms with Gasteiger partial charge < -0.3 is 14.8 Å². The van der Waals surface area contributed by atoms with Crippen molar-refractivity contribution in [2.45, 2.75) is 18.8 Å². The second-order valence-electron chi connectivity index (χ2n) is 4.68. The number of aromatic carboxylic acids is 1. The molecule has 1 aliphatic rings. The summed E-state index contributed by atoms with van der Waals surface area (Å²) in [6.07, 6.45) is 5.76. The maximum atomic E-state index is 10.9. The second kappa shape index (κ2) is 4.42. The molecule has 0 aromatic carbocycles. The summed E-state index contributed by atoms with van der Waals surface area (Å²) >= 11 is 0. The van der Waals surface area contributed by atoms with Crippen molar-refractivity contribution in [3.05, 3.63) is 35.8 Å². The highest BCUT2D eigenvalue weighted by molar-refractivity contribution is 5.87. The van der Waals surface area contributed by atoms with E-state index in [1.54, 1.807) is 22.7 Å². The van der Waals surface area contributed by atoms with Gasteiger partial charge in [-0.15, -0.1) is 0 Å². The molecular formula is C13H15N3O2. The van der Waals surface area contributed by atoms with Crippen molar-refractivity contribution in [1.29, 1.82) is 0 Å². The van der Waals surface area contributed by atoms with Crippen molar-refractivity contribution < 1.29 is 9.90 Å². The van der Waals surface area contributed by atoms with Crippen LogP contribution in [0.15, 0.2) is 24.5 Å². The quantitative estimate of drug-likeness (QED) is 0.841. The number of carboxylic acids is 1. The predicted octanol–water partition coefficient (Wildman–Crippen LogP) is 1.50. The van der Waals surface area contributed by atoms with E-state index in [1.807, 2.05) is 6.20 Å². The van der Waals surface area contributed by atoms with Crippen LogP contribution in [0.5, 0.6) is 0 Å². The minimum absolute atomic E-state index is 0.289. The summed E-state index contributed by atoms with van der Waals surface area (Å²) in [4.78, 5) is 15.5. The Morgan fingerprint density at radius 2 is 2.11 bits per heavy atom. The van der Waals surface area contributed by atoms with Gasteiger partial charge in [0.25, 0.3) is 0 Å². The van der Waals surface area contributed by atoms with Gasteiger partial charge in [-0.1, -0.05) is 0 Å². The molecule has 94 valence electrons. The molecule has 1 aliphatic heterocycles. The Kier molecular flexibility index (Phi) is 2.76. The van der Waals surface area contributed by atoms with E-state index < -0.39 is 5.97 Å². The molecule has 0 atom stereocenters. The maximum Gasteiger partial charge on any atom is 0.337 e. The maximum absolute atomic E-state index is 10.9. The van der Waals surface area contributed by atoms with Crippen LogP contribution < -0.4 is 5.32 Å². The highest BCUT2D eigenvalue weighted by Crippen LogP contribution is 2.24. The molecule has 3 heterocycles. The third-order valence-corrected chi connectivity index (χ3v) is 3.47. The van der Waals surface area contributed by atoms with Gasteiger partial charge in [0.05, 0.1) is 11.3 Å². The van der Waals surface area contributed by atoms with Gasteiger partial charge in [-0.3, -0.25) is 0 Å². The van der Waals surface area contributed by atoms with Gasteiger partial charge in [-0.2, -0.15) is 0 Å². The van der Waals surface area contributed by atoms with E-state index in [2.05, 4.69) is 10.3 Å². The molecule has 5 heteroatoms. The lowest BCUT2D eigenvalue weighted by atomic mass is 9.95. The Hall–Kier alpha value is -1.88. The molecule has 3 rings (SSSR count). The Morgan fingerprint density at radius 1 is 1.33 bits per heavy atom. The molecule has 0 bridgehead atoms. The van der Waals surface area contributed by atoms with Crippen LogP contribution in [0.25, 0.3) is 5.65 Å². The molecule has 0 amide bonds. The van der Waals surface area contributed by atoms with Crippen molar-refractivity contribution in [2.24, 2.45) is 0 Å².